The molecule has 1 aliphatic carbocycles. The lowest BCUT2D eigenvalue weighted by atomic mass is 9.74. The first kappa shape index (κ1) is 8.09. The molecule has 2 heterocycles. The van der Waals surface area contributed by atoms with Gasteiger partial charge in [-0.1, -0.05) is 0 Å². The molecule has 1 spiro atoms. The molecule has 3 rings (SSSR count). The van der Waals surface area contributed by atoms with Gasteiger partial charge in [0.2, 0.25) is 0 Å². The van der Waals surface area contributed by atoms with E-state index in [0.717, 1.165) is 18.1 Å². The minimum absolute atomic E-state index is 0.354. The van der Waals surface area contributed by atoms with Crippen molar-refractivity contribution in [2.24, 2.45) is 0 Å². The number of nitrogens with zero attached hydrogens (tertiary/aromatic N) is 1. The third kappa shape index (κ3) is 1.15. The van der Waals surface area contributed by atoms with Crippen molar-refractivity contribution in [2.75, 3.05) is 17.2 Å². The normalized spacial score (nSPS) is 22.6. The zero-order chi connectivity index (χ0) is 9.43. The monoisotopic (exact) mass is 189 g/mol. The second-order valence-electron chi connectivity index (χ2n) is 4.34. The summed E-state index contributed by atoms with van der Waals surface area (Å²) in [6.07, 6.45) is 7.01. The van der Waals surface area contributed by atoms with Gasteiger partial charge < -0.3 is 10.6 Å². The molecule has 1 aliphatic heterocycles. The van der Waals surface area contributed by atoms with Crippen LogP contribution in [0.5, 0.6) is 0 Å². The third-order valence-electron chi connectivity index (χ3n) is 3.42. The molecule has 0 atom stereocenters. The van der Waals surface area contributed by atoms with Crippen LogP contribution in [0.15, 0.2) is 18.3 Å². The van der Waals surface area contributed by atoms with Crippen molar-refractivity contribution in [3.8, 4) is 0 Å². The van der Waals surface area contributed by atoms with E-state index in [9.17, 15) is 0 Å². The van der Waals surface area contributed by atoms with E-state index < -0.39 is 0 Å². The highest BCUT2D eigenvalue weighted by Gasteiger charge is 2.38. The van der Waals surface area contributed by atoms with Crippen molar-refractivity contribution in [1.82, 2.24) is 4.98 Å². The fourth-order valence-electron chi connectivity index (χ4n) is 2.38. The predicted octanol–water partition coefficient (Wildman–Crippen LogP) is 2.23. The fourth-order valence-corrected chi connectivity index (χ4v) is 2.38. The van der Waals surface area contributed by atoms with Gasteiger partial charge in [0.25, 0.3) is 0 Å². The second kappa shape index (κ2) is 2.87. The van der Waals surface area contributed by atoms with Gasteiger partial charge in [-0.3, -0.25) is 0 Å². The molecule has 2 N–H and O–H groups in total. The Morgan fingerprint density at radius 2 is 2.21 bits per heavy atom. The van der Waals surface area contributed by atoms with E-state index in [2.05, 4.69) is 21.7 Å². The lowest BCUT2D eigenvalue weighted by molar-refractivity contribution is 0.267. The molecule has 1 saturated carbocycles. The Kier molecular flexibility index (Phi) is 1.66. The van der Waals surface area contributed by atoms with E-state index >= 15 is 0 Å². The Labute approximate surface area is 83.9 Å². The molecule has 0 saturated heterocycles. The fraction of sp³-hybridized carbons (Fsp3) is 0.545. The van der Waals surface area contributed by atoms with Gasteiger partial charge in [0.15, 0.2) is 0 Å². The smallest absolute Gasteiger partial charge is 0.149 e. The van der Waals surface area contributed by atoms with Crippen LogP contribution in [0.25, 0.3) is 0 Å². The lowest BCUT2D eigenvalue weighted by Crippen LogP contribution is -2.45. The van der Waals surface area contributed by atoms with Gasteiger partial charge in [-0.2, -0.15) is 0 Å². The number of hydrogen-bond donors (Lipinski definition) is 2. The van der Waals surface area contributed by atoms with Crippen LogP contribution in [0.2, 0.25) is 0 Å². The van der Waals surface area contributed by atoms with Crippen LogP contribution in [0.3, 0.4) is 0 Å². The number of rotatable bonds is 0. The van der Waals surface area contributed by atoms with Crippen molar-refractivity contribution in [3.05, 3.63) is 18.3 Å². The average molecular weight is 189 g/mol. The Bertz CT molecular complexity index is 344. The van der Waals surface area contributed by atoms with E-state index in [1.54, 1.807) is 0 Å². The highest BCUT2D eigenvalue weighted by Crippen LogP contribution is 2.40. The lowest BCUT2D eigenvalue weighted by Gasteiger charge is -2.42. The second-order valence-corrected chi connectivity index (χ2v) is 4.34. The molecule has 3 heteroatoms. The molecular weight excluding hydrogens is 174 g/mol. The first-order valence-corrected chi connectivity index (χ1v) is 5.35. The molecule has 0 bridgehead atoms. The number of pyridine rings is 1. The summed E-state index contributed by atoms with van der Waals surface area (Å²) in [5, 5.41) is 7.02. The van der Waals surface area contributed by atoms with Gasteiger partial charge in [0.05, 0.1) is 5.69 Å². The van der Waals surface area contributed by atoms with Gasteiger partial charge in [-0.05, 0) is 37.8 Å². The summed E-state index contributed by atoms with van der Waals surface area (Å²) in [7, 11) is 0. The maximum Gasteiger partial charge on any atom is 0.149 e. The first-order valence-electron chi connectivity index (χ1n) is 5.35. The molecule has 1 fully saturated rings. The van der Waals surface area contributed by atoms with Crippen molar-refractivity contribution in [3.63, 3.8) is 0 Å². The van der Waals surface area contributed by atoms with Gasteiger partial charge >= 0.3 is 0 Å². The van der Waals surface area contributed by atoms with E-state index in [0.29, 0.717) is 5.54 Å². The number of hydrogen-bond acceptors (Lipinski definition) is 3. The van der Waals surface area contributed by atoms with E-state index in [4.69, 9.17) is 0 Å². The summed E-state index contributed by atoms with van der Waals surface area (Å²) in [5.41, 5.74) is 1.50. The number of anilines is 2. The first-order chi connectivity index (χ1) is 6.88. The third-order valence-corrected chi connectivity index (χ3v) is 3.42. The molecule has 74 valence electrons. The molecular formula is C11H15N3. The highest BCUT2D eigenvalue weighted by molar-refractivity contribution is 5.66. The number of aromatic nitrogens is 1. The number of fused-ring (bicyclic) bond motifs is 1. The van der Waals surface area contributed by atoms with Crippen LogP contribution in [0, 0.1) is 0 Å². The zero-order valence-corrected chi connectivity index (χ0v) is 8.21. The van der Waals surface area contributed by atoms with Crippen LogP contribution in [0.1, 0.15) is 25.7 Å². The summed E-state index contributed by atoms with van der Waals surface area (Å²) in [4.78, 5) is 4.38. The van der Waals surface area contributed by atoms with Gasteiger partial charge in [0, 0.05) is 18.3 Å². The predicted molar refractivity (Wildman–Crippen MR) is 57.5 cm³/mol. The number of nitrogens with one attached hydrogen (secondary N) is 2. The van der Waals surface area contributed by atoms with Gasteiger partial charge in [0.1, 0.15) is 5.82 Å². The van der Waals surface area contributed by atoms with Crippen LogP contribution in [0.4, 0.5) is 11.5 Å². The summed E-state index contributed by atoms with van der Waals surface area (Å²) >= 11 is 0. The summed E-state index contributed by atoms with van der Waals surface area (Å²) < 4.78 is 0. The Hall–Kier alpha value is -1.25. The summed E-state index contributed by atoms with van der Waals surface area (Å²) in [6, 6.07) is 4.07. The molecule has 0 unspecified atom stereocenters. The zero-order valence-electron chi connectivity index (χ0n) is 8.21. The van der Waals surface area contributed by atoms with Crippen LogP contribution >= 0.6 is 0 Å². The molecule has 0 aromatic carbocycles. The highest BCUT2D eigenvalue weighted by atomic mass is 15.1. The molecule has 0 radical (unpaired) electrons. The average Bonchev–Trinajstić information content (AvgIpc) is 2.35. The Morgan fingerprint density at radius 3 is 3.00 bits per heavy atom. The van der Waals surface area contributed by atoms with Crippen molar-refractivity contribution < 1.29 is 0 Å². The van der Waals surface area contributed by atoms with E-state index in [-0.39, 0.29) is 0 Å². The molecule has 0 amide bonds. The van der Waals surface area contributed by atoms with Crippen molar-refractivity contribution in [2.45, 2.75) is 31.2 Å². The Balaban J connectivity index is 1.94. The largest absolute Gasteiger partial charge is 0.382 e. The molecule has 3 nitrogen and oxygen atoms in total. The van der Waals surface area contributed by atoms with Crippen LogP contribution in [-0.2, 0) is 0 Å². The maximum atomic E-state index is 4.38. The molecule has 1 aromatic heterocycles. The van der Waals surface area contributed by atoms with E-state index in [1.807, 2.05) is 12.3 Å². The van der Waals surface area contributed by atoms with E-state index in [1.165, 1.54) is 25.7 Å². The summed E-state index contributed by atoms with van der Waals surface area (Å²) in [6.45, 7) is 1.06. The standard InChI is InChI=1S/C11H15N3/c1-3-9-10(13-7-1)14-11(4-2-5-11)6-8-12-9/h1,3,7,12H,2,4-6,8H2,(H,13,14). The summed E-state index contributed by atoms with van der Waals surface area (Å²) in [5.74, 6) is 1.03. The van der Waals surface area contributed by atoms with Crippen molar-refractivity contribution >= 4 is 11.5 Å². The minimum atomic E-state index is 0.354. The van der Waals surface area contributed by atoms with Crippen LogP contribution < -0.4 is 10.6 Å². The van der Waals surface area contributed by atoms with Crippen molar-refractivity contribution in [1.29, 1.82) is 0 Å². The Morgan fingerprint density at radius 1 is 1.29 bits per heavy atom. The minimum Gasteiger partial charge on any atom is -0.382 e. The van der Waals surface area contributed by atoms with Crippen LogP contribution in [-0.4, -0.2) is 17.1 Å². The molecule has 1 aromatic rings. The van der Waals surface area contributed by atoms with Gasteiger partial charge in [-0.15, -0.1) is 0 Å². The quantitative estimate of drug-likeness (QED) is 0.657. The molecule has 2 aliphatic rings. The SMILES string of the molecule is c1cnc2c(c1)NCCC1(CCC1)N2. The molecule has 14 heavy (non-hydrogen) atoms. The topological polar surface area (TPSA) is 37.0 Å². The van der Waals surface area contributed by atoms with Gasteiger partial charge in [-0.25, -0.2) is 4.98 Å². The maximum absolute atomic E-state index is 4.38.